The van der Waals surface area contributed by atoms with E-state index in [4.69, 9.17) is 17.3 Å². The maximum Gasteiger partial charge on any atom is 0.255 e. The summed E-state index contributed by atoms with van der Waals surface area (Å²) in [5.41, 5.74) is 1.42. The number of halogens is 1. The molecule has 3 aliphatic rings. The summed E-state index contributed by atoms with van der Waals surface area (Å²) in [6, 6.07) is 10.1. The summed E-state index contributed by atoms with van der Waals surface area (Å²) < 4.78 is 0. The number of aromatic hydroxyl groups is 1. The number of aliphatic hydroxyl groups is 4. The van der Waals surface area contributed by atoms with Crippen LogP contribution in [-0.4, -0.2) is 85.5 Å². The quantitative estimate of drug-likeness (QED) is 0.224. The molecule has 10 nitrogen and oxygen atoms in total. The Morgan fingerprint density at radius 3 is 2.35 bits per heavy atom. The summed E-state index contributed by atoms with van der Waals surface area (Å²) in [7, 11) is 2.93. The number of ketones is 2. The molecular formula is C28H27ClN2O8S. The van der Waals surface area contributed by atoms with E-state index in [2.05, 4.69) is 0 Å². The first kappa shape index (κ1) is 28.2. The molecule has 1 fully saturated rings. The molecule has 0 unspecified atom stereocenters. The van der Waals surface area contributed by atoms with Gasteiger partial charge in [-0.1, -0.05) is 23.7 Å². The van der Waals surface area contributed by atoms with Gasteiger partial charge in [-0.3, -0.25) is 19.3 Å². The van der Waals surface area contributed by atoms with Crippen molar-refractivity contribution >= 4 is 46.6 Å². The Morgan fingerprint density at radius 1 is 1.10 bits per heavy atom. The van der Waals surface area contributed by atoms with E-state index in [0.29, 0.717) is 10.6 Å². The summed E-state index contributed by atoms with van der Waals surface area (Å²) in [5, 5.41) is 57.3. The lowest BCUT2D eigenvalue weighted by molar-refractivity contribution is -0.169. The highest BCUT2D eigenvalue weighted by Gasteiger charge is 2.68. The predicted octanol–water partition coefficient (Wildman–Crippen LogP) is 1.92. The van der Waals surface area contributed by atoms with Crippen LogP contribution in [0.3, 0.4) is 0 Å². The smallest absolute Gasteiger partial charge is 0.255 e. The molecule has 0 heterocycles. The summed E-state index contributed by atoms with van der Waals surface area (Å²) in [5.74, 6) is -8.98. The molecule has 0 saturated heterocycles. The van der Waals surface area contributed by atoms with E-state index >= 15 is 0 Å². The third kappa shape index (κ3) is 3.95. The van der Waals surface area contributed by atoms with Gasteiger partial charge in [0, 0.05) is 33.1 Å². The second-order valence-electron chi connectivity index (χ2n) is 10.4. The van der Waals surface area contributed by atoms with Crippen LogP contribution in [0.5, 0.6) is 5.75 Å². The average Bonchev–Trinajstić information content (AvgIpc) is 2.89. The number of carbonyl (C=O) groups excluding carboxylic acids is 3. The highest BCUT2D eigenvalue weighted by molar-refractivity contribution is 7.99. The van der Waals surface area contributed by atoms with Crippen molar-refractivity contribution in [3.63, 3.8) is 0 Å². The minimum Gasteiger partial charge on any atom is -0.508 e. The number of amides is 1. The average molecular weight is 587 g/mol. The number of rotatable bonds is 5. The summed E-state index contributed by atoms with van der Waals surface area (Å²) in [4.78, 5) is 41.8. The Bertz CT molecular complexity index is 1500. The molecule has 0 spiro atoms. The maximum absolute atomic E-state index is 14.1. The van der Waals surface area contributed by atoms with Crippen LogP contribution in [0.25, 0.3) is 5.76 Å². The van der Waals surface area contributed by atoms with Crippen molar-refractivity contribution in [2.75, 3.05) is 19.8 Å². The summed E-state index contributed by atoms with van der Waals surface area (Å²) in [6.07, 6.45) is -1.67. The van der Waals surface area contributed by atoms with Crippen molar-refractivity contribution in [2.24, 2.45) is 17.6 Å². The number of nitrogens with two attached hydrogens (primary N) is 1. The minimum atomic E-state index is -2.96. The molecule has 3 aliphatic carbocycles. The number of likely N-dealkylation sites (N-methyl/N-ethyl adjacent to an activating group) is 1. The van der Waals surface area contributed by atoms with Gasteiger partial charge in [0.2, 0.25) is 5.78 Å². The van der Waals surface area contributed by atoms with Crippen molar-refractivity contribution in [1.29, 1.82) is 0 Å². The van der Waals surface area contributed by atoms with Gasteiger partial charge in [0.05, 0.1) is 23.6 Å². The first-order valence-corrected chi connectivity index (χ1v) is 13.7. The Morgan fingerprint density at radius 2 is 1.75 bits per heavy atom. The van der Waals surface area contributed by atoms with Crippen molar-refractivity contribution in [2.45, 2.75) is 28.6 Å². The van der Waals surface area contributed by atoms with Crippen LogP contribution in [0.4, 0.5) is 0 Å². The minimum absolute atomic E-state index is 0.0484. The molecule has 210 valence electrons. The van der Waals surface area contributed by atoms with Gasteiger partial charge in [-0.2, -0.15) is 0 Å². The van der Waals surface area contributed by atoms with Crippen LogP contribution in [0.15, 0.2) is 64.3 Å². The van der Waals surface area contributed by atoms with E-state index in [9.17, 15) is 39.9 Å². The van der Waals surface area contributed by atoms with Gasteiger partial charge in [0.15, 0.2) is 11.4 Å². The molecule has 5 rings (SSSR count). The molecule has 6 atom stereocenters. The van der Waals surface area contributed by atoms with Crippen LogP contribution < -0.4 is 5.73 Å². The van der Waals surface area contributed by atoms with Gasteiger partial charge in [0.25, 0.3) is 5.91 Å². The fraction of sp³-hybridized carbons (Fsp3) is 0.321. The number of fused-ring (bicyclic) bond motifs is 3. The molecular weight excluding hydrogens is 560 g/mol. The van der Waals surface area contributed by atoms with Crippen LogP contribution in [-0.2, 0) is 14.4 Å². The number of aliphatic hydroxyl groups excluding tert-OH is 3. The molecule has 1 saturated carbocycles. The fourth-order valence-electron chi connectivity index (χ4n) is 6.31. The van der Waals surface area contributed by atoms with E-state index in [1.807, 2.05) is 0 Å². The molecule has 2 aromatic rings. The highest BCUT2D eigenvalue weighted by Crippen LogP contribution is 2.56. The van der Waals surface area contributed by atoms with Gasteiger partial charge in [0.1, 0.15) is 22.8 Å². The number of nitrogens with zero attached hydrogens (tertiary/aromatic N) is 1. The van der Waals surface area contributed by atoms with Gasteiger partial charge in [-0.15, -0.1) is 11.8 Å². The molecule has 40 heavy (non-hydrogen) atoms. The van der Waals surface area contributed by atoms with Crippen molar-refractivity contribution in [3.8, 4) is 5.75 Å². The topological polar surface area (TPSA) is 182 Å². The molecule has 0 bridgehead atoms. The van der Waals surface area contributed by atoms with Crippen LogP contribution in [0.2, 0.25) is 5.02 Å². The fourth-order valence-corrected chi connectivity index (χ4v) is 7.52. The van der Waals surface area contributed by atoms with Crippen LogP contribution in [0, 0.1) is 11.8 Å². The largest absolute Gasteiger partial charge is 0.508 e. The number of hydrogen-bond acceptors (Lipinski definition) is 10. The number of primary amides is 1. The first-order chi connectivity index (χ1) is 18.8. The first-order valence-electron chi connectivity index (χ1n) is 12.3. The predicted molar refractivity (Wildman–Crippen MR) is 147 cm³/mol. The number of phenolic OH excluding ortho intramolecular Hbond substituents is 1. The van der Waals surface area contributed by atoms with Gasteiger partial charge >= 0.3 is 0 Å². The van der Waals surface area contributed by atoms with Crippen LogP contribution in [0.1, 0.15) is 17.0 Å². The lowest BCUT2D eigenvalue weighted by atomic mass is 9.54. The number of Topliss-reactive ketones (excluding diaryl/α,β-unsaturated/α-hetero) is 2. The standard InChI is InChI=1S/C28H27ClN2O8S/c1-31(2)21-20-23(34)17-14(10-40-12-8-6-11(29)7-9-12)13-4-3-5-15(32)16(13)22(33)18(17)25(36)28(20,39)26(37)19(24(21)35)27(30)38/h3-9,14,17,20-21,23,32-34,37,39H,10H2,1-2H3,(H2,30,38)/t14-,17+,20+,21-,23-,28-/m0/s1. The van der Waals surface area contributed by atoms with E-state index in [0.717, 1.165) is 4.90 Å². The Balaban J connectivity index is 1.73. The van der Waals surface area contributed by atoms with Gasteiger partial charge < -0.3 is 31.3 Å². The van der Waals surface area contributed by atoms with Gasteiger partial charge in [-0.05, 0) is 50.0 Å². The van der Waals surface area contributed by atoms with Crippen molar-refractivity contribution in [3.05, 3.63) is 75.5 Å². The number of phenols is 1. The summed E-state index contributed by atoms with van der Waals surface area (Å²) >= 11 is 7.39. The zero-order valence-corrected chi connectivity index (χ0v) is 23.0. The summed E-state index contributed by atoms with van der Waals surface area (Å²) in [6.45, 7) is 0. The second-order valence-corrected chi connectivity index (χ2v) is 11.9. The molecule has 7 N–H and O–H groups in total. The molecule has 2 aromatic carbocycles. The zero-order chi connectivity index (χ0) is 29.3. The van der Waals surface area contributed by atoms with Gasteiger partial charge in [-0.25, -0.2) is 0 Å². The van der Waals surface area contributed by atoms with Crippen LogP contribution >= 0.6 is 23.4 Å². The normalized spacial score (nSPS) is 29.8. The Kier molecular flexibility index (Phi) is 7.00. The zero-order valence-electron chi connectivity index (χ0n) is 21.4. The lowest BCUT2D eigenvalue weighted by Crippen LogP contribution is -2.70. The molecule has 0 aromatic heterocycles. The van der Waals surface area contributed by atoms with Crippen molar-refractivity contribution in [1.82, 2.24) is 4.90 Å². The van der Waals surface area contributed by atoms with E-state index in [-0.39, 0.29) is 17.1 Å². The van der Waals surface area contributed by atoms with E-state index in [1.54, 1.807) is 36.4 Å². The monoisotopic (exact) mass is 586 g/mol. The number of thioether (sulfide) groups is 1. The van der Waals surface area contributed by atoms with E-state index < -0.39 is 75.6 Å². The molecule has 12 heteroatoms. The third-order valence-corrected chi connectivity index (χ3v) is 9.42. The number of benzene rings is 2. The van der Waals surface area contributed by atoms with Crippen molar-refractivity contribution < 1.29 is 39.9 Å². The third-order valence-electron chi connectivity index (χ3n) is 8.04. The maximum atomic E-state index is 14.1. The van der Waals surface area contributed by atoms with E-state index in [1.165, 1.54) is 36.8 Å². The lowest BCUT2D eigenvalue weighted by Gasteiger charge is -2.54. The Labute approximate surface area is 238 Å². The second kappa shape index (κ2) is 9.93. The SMILES string of the molecule is CN(C)[C@@H]1C(=O)C(C(N)=O)=C(O)[C@@]2(O)C(=O)C3=C(O)c4c(O)cccc4[C@H](CSc4ccc(Cl)cc4)[C@H]3[C@H](O)[C@@H]12. The molecule has 0 aliphatic heterocycles. The molecule has 1 amide bonds. The highest BCUT2D eigenvalue weighted by atomic mass is 35.5. The number of hydrogen-bond donors (Lipinski definition) is 6. The Hall–Kier alpha value is -3.35. The number of carbonyl (C=O) groups is 3. The molecule has 0 radical (unpaired) electrons.